The molecule has 0 spiro atoms. The highest BCUT2D eigenvalue weighted by Crippen LogP contribution is 2.28. The number of amidine groups is 1. The second-order valence-electron chi connectivity index (χ2n) is 7.12. The van der Waals surface area contributed by atoms with Crippen LogP contribution in [0.3, 0.4) is 0 Å². The van der Waals surface area contributed by atoms with Crippen molar-refractivity contribution in [3.8, 4) is 0 Å². The van der Waals surface area contributed by atoms with Gasteiger partial charge in [-0.2, -0.15) is 8.42 Å². The summed E-state index contributed by atoms with van der Waals surface area (Å²) in [5.41, 5.74) is 1.09. The van der Waals surface area contributed by atoms with Crippen LogP contribution in [0.15, 0.2) is 63.9 Å². The van der Waals surface area contributed by atoms with Gasteiger partial charge in [-0.25, -0.2) is 4.79 Å². The molecule has 1 N–H and O–H groups in total. The van der Waals surface area contributed by atoms with Crippen LogP contribution in [0.25, 0.3) is 0 Å². The van der Waals surface area contributed by atoms with Crippen LogP contribution in [0.2, 0.25) is 0 Å². The normalized spacial score (nSPS) is 17.6. The van der Waals surface area contributed by atoms with Crippen molar-refractivity contribution >= 4 is 33.4 Å². The summed E-state index contributed by atoms with van der Waals surface area (Å²) in [5, 5.41) is 2.80. The zero-order chi connectivity index (χ0) is 21.1. The van der Waals surface area contributed by atoms with Crippen molar-refractivity contribution in [2.45, 2.75) is 30.3 Å². The van der Waals surface area contributed by atoms with Gasteiger partial charge in [0.25, 0.3) is 10.0 Å². The Hall–Kier alpha value is -3.20. The maximum atomic E-state index is 12.7. The lowest BCUT2D eigenvalue weighted by Gasteiger charge is -2.31. The van der Waals surface area contributed by atoms with Crippen molar-refractivity contribution in [2.24, 2.45) is 4.40 Å². The van der Waals surface area contributed by atoms with Gasteiger partial charge in [0.05, 0.1) is 5.69 Å². The molecular formula is C21H21N3O5S. The molecule has 8 nitrogen and oxygen atoms in total. The largest absolute Gasteiger partial charge is 0.441 e. The number of ether oxygens (including phenoxy) is 1. The van der Waals surface area contributed by atoms with Crippen molar-refractivity contribution in [3.05, 3.63) is 60.2 Å². The molecule has 2 aliphatic rings. The Bertz CT molecular complexity index is 1090. The Labute approximate surface area is 174 Å². The molecule has 1 amide bonds. The molecule has 1 atom stereocenters. The first-order valence-electron chi connectivity index (χ1n) is 9.69. The van der Waals surface area contributed by atoms with Crippen molar-refractivity contribution in [2.75, 3.05) is 18.4 Å². The van der Waals surface area contributed by atoms with E-state index in [2.05, 4.69) is 9.71 Å². The Balaban J connectivity index is 1.47. The maximum Gasteiger partial charge on any atom is 0.410 e. The number of para-hydroxylation sites is 1. The van der Waals surface area contributed by atoms with Crippen molar-refractivity contribution in [1.29, 1.82) is 0 Å². The standard InChI is InChI=1S/C21H21N3O5S/c25-17(20-22-16-9-4-5-10-19(16)30(27,28)23-20)11-12-18(15-7-2-1-3-8-15)29-21(26)24-13-6-14-24/h1-5,7-10,18H,6,11-14H2,(H,22,23). The van der Waals surface area contributed by atoms with Crippen LogP contribution in [-0.2, 0) is 19.6 Å². The summed E-state index contributed by atoms with van der Waals surface area (Å²) in [7, 11) is -3.94. The van der Waals surface area contributed by atoms with Gasteiger partial charge in [0.1, 0.15) is 11.0 Å². The number of hydrogen-bond acceptors (Lipinski definition) is 6. The third-order valence-corrected chi connectivity index (χ3v) is 6.39. The Morgan fingerprint density at radius 2 is 1.77 bits per heavy atom. The number of hydrogen-bond donors (Lipinski definition) is 1. The lowest BCUT2D eigenvalue weighted by atomic mass is 10.0. The summed E-state index contributed by atoms with van der Waals surface area (Å²) in [6, 6.07) is 15.5. The number of fused-ring (bicyclic) bond motifs is 1. The number of carbonyl (C=O) groups excluding carboxylic acids is 2. The minimum absolute atomic E-state index is 0.0314. The van der Waals surface area contributed by atoms with Crippen molar-refractivity contribution in [1.82, 2.24) is 4.90 Å². The molecule has 156 valence electrons. The molecule has 9 heteroatoms. The summed E-state index contributed by atoms with van der Waals surface area (Å²) < 4.78 is 34.0. The molecule has 0 radical (unpaired) electrons. The van der Waals surface area contributed by atoms with E-state index in [1.807, 2.05) is 30.3 Å². The number of ketones is 1. The van der Waals surface area contributed by atoms with E-state index in [0.29, 0.717) is 18.8 Å². The molecule has 2 heterocycles. The van der Waals surface area contributed by atoms with Gasteiger partial charge in [-0.1, -0.05) is 42.5 Å². The average molecular weight is 427 g/mol. The third-order valence-electron chi connectivity index (χ3n) is 5.06. The van der Waals surface area contributed by atoms with Gasteiger partial charge in [0.15, 0.2) is 11.6 Å². The Morgan fingerprint density at radius 3 is 2.47 bits per heavy atom. The number of likely N-dealkylation sites (tertiary alicyclic amines) is 1. The van der Waals surface area contributed by atoms with Crippen molar-refractivity contribution < 1.29 is 22.7 Å². The molecule has 2 aromatic rings. The summed E-state index contributed by atoms with van der Waals surface area (Å²) in [5.74, 6) is -0.691. The van der Waals surface area contributed by atoms with Crippen LogP contribution < -0.4 is 5.32 Å². The lowest BCUT2D eigenvalue weighted by molar-refractivity contribution is -0.113. The van der Waals surface area contributed by atoms with Crippen LogP contribution in [0, 0.1) is 0 Å². The Morgan fingerprint density at radius 1 is 1.07 bits per heavy atom. The highest BCUT2D eigenvalue weighted by Gasteiger charge is 2.29. The van der Waals surface area contributed by atoms with Gasteiger partial charge in [0, 0.05) is 19.5 Å². The van der Waals surface area contributed by atoms with Crippen LogP contribution in [-0.4, -0.2) is 44.1 Å². The number of amides is 1. The average Bonchev–Trinajstić information content (AvgIpc) is 2.69. The molecule has 2 aliphatic heterocycles. The monoisotopic (exact) mass is 427 g/mol. The number of nitrogens with zero attached hydrogens (tertiary/aromatic N) is 2. The maximum absolute atomic E-state index is 12.7. The van der Waals surface area contributed by atoms with Gasteiger partial charge >= 0.3 is 6.09 Å². The van der Waals surface area contributed by atoms with Crippen LogP contribution in [0.4, 0.5) is 10.5 Å². The summed E-state index contributed by atoms with van der Waals surface area (Å²) in [6.07, 6.45) is 0.107. The number of carbonyl (C=O) groups is 2. The number of rotatable bonds is 6. The highest BCUT2D eigenvalue weighted by atomic mass is 32.2. The van der Waals surface area contributed by atoms with E-state index in [4.69, 9.17) is 4.74 Å². The highest BCUT2D eigenvalue weighted by molar-refractivity contribution is 7.90. The second-order valence-corrected chi connectivity index (χ2v) is 8.69. The SMILES string of the molecule is O=C(CCC(OC(=O)N1CCC1)c1ccccc1)C1=NS(=O)(=O)c2ccccc2N1. The van der Waals surface area contributed by atoms with E-state index in [0.717, 1.165) is 12.0 Å². The first-order valence-corrected chi connectivity index (χ1v) is 11.1. The number of Topliss-reactive ketones (excluding diaryl/α,β-unsaturated/α-hetero) is 1. The lowest BCUT2D eigenvalue weighted by Crippen LogP contribution is -2.42. The molecule has 30 heavy (non-hydrogen) atoms. The molecule has 0 aromatic heterocycles. The number of nitrogens with one attached hydrogen (secondary N) is 1. The zero-order valence-electron chi connectivity index (χ0n) is 16.2. The number of sulfonamides is 1. The molecule has 4 rings (SSSR count). The molecule has 0 aliphatic carbocycles. The molecular weight excluding hydrogens is 406 g/mol. The van der Waals surface area contributed by atoms with E-state index >= 15 is 0 Å². The summed E-state index contributed by atoms with van der Waals surface area (Å²) >= 11 is 0. The topological polar surface area (TPSA) is 105 Å². The molecule has 1 unspecified atom stereocenters. The first kappa shape index (κ1) is 20.1. The summed E-state index contributed by atoms with van der Waals surface area (Å²) in [4.78, 5) is 26.6. The van der Waals surface area contributed by atoms with Crippen LogP contribution >= 0.6 is 0 Å². The predicted octanol–water partition coefficient (Wildman–Crippen LogP) is 3.13. The minimum Gasteiger partial charge on any atom is -0.441 e. The first-order chi connectivity index (χ1) is 14.4. The van der Waals surface area contributed by atoms with E-state index in [1.165, 1.54) is 6.07 Å². The smallest absolute Gasteiger partial charge is 0.410 e. The van der Waals surface area contributed by atoms with E-state index < -0.39 is 28.0 Å². The van der Waals surface area contributed by atoms with Crippen LogP contribution in [0.5, 0.6) is 0 Å². The van der Waals surface area contributed by atoms with E-state index in [-0.39, 0.29) is 23.6 Å². The fraction of sp³-hybridized carbons (Fsp3) is 0.286. The Kier molecular flexibility index (Phi) is 5.54. The fourth-order valence-corrected chi connectivity index (χ4v) is 4.41. The van der Waals surface area contributed by atoms with Gasteiger partial charge in [-0.05, 0) is 30.5 Å². The number of benzene rings is 2. The molecule has 1 saturated heterocycles. The quantitative estimate of drug-likeness (QED) is 0.759. The van der Waals surface area contributed by atoms with Crippen LogP contribution in [0.1, 0.15) is 30.9 Å². The number of anilines is 1. The molecule has 2 aromatic carbocycles. The minimum atomic E-state index is -3.94. The fourth-order valence-electron chi connectivity index (χ4n) is 3.27. The zero-order valence-corrected chi connectivity index (χ0v) is 17.0. The molecule has 0 saturated carbocycles. The van der Waals surface area contributed by atoms with Gasteiger partial charge in [-0.15, -0.1) is 4.40 Å². The third kappa shape index (κ3) is 4.20. The van der Waals surface area contributed by atoms with E-state index in [1.54, 1.807) is 23.1 Å². The van der Waals surface area contributed by atoms with E-state index in [9.17, 15) is 18.0 Å². The van der Waals surface area contributed by atoms with Gasteiger partial charge in [-0.3, -0.25) is 4.79 Å². The van der Waals surface area contributed by atoms with Gasteiger partial charge < -0.3 is 15.0 Å². The molecule has 0 bridgehead atoms. The summed E-state index contributed by atoms with van der Waals surface area (Å²) in [6.45, 7) is 1.33. The van der Waals surface area contributed by atoms with Gasteiger partial charge in [0.2, 0.25) is 0 Å². The van der Waals surface area contributed by atoms with Crippen molar-refractivity contribution in [3.63, 3.8) is 0 Å². The second kappa shape index (κ2) is 8.27. The predicted molar refractivity (Wildman–Crippen MR) is 111 cm³/mol. The molecule has 1 fully saturated rings.